The minimum Gasteiger partial charge on any atom is -0.477 e. The molecule has 3 nitrogen and oxygen atoms in total. The maximum absolute atomic E-state index is 10.6. The lowest BCUT2D eigenvalue weighted by Gasteiger charge is -2.01. The van der Waals surface area contributed by atoms with Gasteiger partial charge in [-0.05, 0) is 23.8 Å². The van der Waals surface area contributed by atoms with Crippen molar-refractivity contribution >= 4 is 17.6 Å². The third-order valence-corrected chi connectivity index (χ3v) is 2.38. The average Bonchev–Trinajstić information content (AvgIpc) is 2.29. The number of benzene rings is 1. The number of carboxylic acids is 1. The van der Waals surface area contributed by atoms with Crippen LogP contribution in [0.4, 0.5) is 0 Å². The Morgan fingerprint density at radius 3 is 2.56 bits per heavy atom. The van der Waals surface area contributed by atoms with Crippen molar-refractivity contribution in [2.75, 3.05) is 0 Å². The number of hydrogen-bond donors (Lipinski definition) is 1. The molecule has 0 amide bonds. The maximum Gasteiger partial charge on any atom is 0.354 e. The zero-order valence-electron chi connectivity index (χ0n) is 8.22. The van der Waals surface area contributed by atoms with Crippen LogP contribution in [0.2, 0.25) is 5.02 Å². The fourth-order valence-corrected chi connectivity index (χ4v) is 1.55. The summed E-state index contributed by atoms with van der Waals surface area (Å²) in [5, 5.41) is 9.35. The quantitative estimate of drug-likeness (QED) is 0.867. The third kappa shape index (κ3) is 2.20. The van der Waals surface area contributed by atoms with Crippen molar-refractivity contribution < 1.29 is 9.90 Å². The second-order valence-corrected chi connectivity index (χ2v) is 3.68. The monoisotopic (exact) mass is 233 g/mol. The van der Waals surface area contributed by atoms with Crippen LogP contribution < -0.4 is 0 Å². The summed E-state index contributed by atoms with van der Waals surface area (Å²) in [5.41, 5.74) is 1.79. The predicted molar refractivity (Wildman–Crippen MR) is 61.6 cm³/mol. The van der Waals surface area contributed by atoms with E-state index in [0.29, 0.717) is 5.02 Å². The van der Waals surface area contributed by atoms with E-state index in [4.69, 9.17) is 16.7 Å². The zero-order chi connectivity index (χ0) is 11.5. The van der Waals surface area contributed by atoms with E-state index in [-0.39, 0.29) is 5.69 Å². The Morgan fingerprint density at radius 2 is 2.00 bits per heavy atom. The van der Waals surface area contributed by atoms with Crippen molar-refractivity contribution in [1.29, 1.82) is 0 Å². The summed E-state index contributed by atoms with van der Waals surface area (Å²) in [6, 6.07) is 10.5. The first-order valence-electron chi connectivity index (χ1n) is 4.62. The van der Waals surface area contributed by atoms with Gasteiger partial charge in [0.2, 0.25) is 0 Å². The molecule has 0 aliphatic carbocycles. The van der Waals surface area contributed by atoms with Crippen LogP contribution in [-0.4, -0.2) is 16.1 Å². The normalized spacial score (nSPS) is 10.1. The summed E-state index contributed by atoms with van der Waals surface area (Å²) in [5.74, 6) is -1.03. The molecule has 2 rings (SSSR count). The molecule has 1 N–H and O–H groups in total. The van der Waals surface area contributed by atoms with Crippen LogP contribution in [0.3, 0.4) is 0 Å². The van der Waals surface area contributed by atoms with E-state index in [1.807, 2.05) is 12.1 Å². The van der Waals surface area contributed by atoms with Crippen molar-refractivity contribution in [3.63, 3.8) is 0 Å². The summed E-state index contributed by atoms with van der Waals surface area (Å²) in [7, 11) is 0. The number of aromatic carboxylic acids is 1. The van der Waals surface area contributed by atoms with Gasteiger partial charge in [-0.1, -0.05) is 29.8 Å². The topological polar surface area (TPSA) is 50.2 Å². The molecule has 0 aliphatic heterocycles. The van der Waals surface area contributed by atoms with E-state index in [9.17, 15) is 4.79 Å². The zero-order valence-corrected chi connectivity index (χ0v) is 8.98. The molecule has 0 atom stereocenters. The van der Waals surface area contributed by atoms with Gasteiger partial charge in [-0.15, -0.1) is 0 Å². The fourth-order valence-electron chi connectivity index (χ4n) is 1.36. The molecule has 1 heterocycles. The lowest BCUT2D eigenvalue weighted by Crippen LogP contribution is -1.99. The van der Waals surface area contributed by atoms with Gasteiger partial charge in [0.05, 0.1) is 0 Å². The number of rotatable bonds is 2. The first-order valence-corrected chi connectivity index (χ1v) is 5.00. The number of carboxylic acid groups (broad SMARTS) is 1. The lowest BCUT2D eigenvalue weighted by molar-refractivity contribution is 0.0690. The van der Waals surface area contributed by atoms with Gasteiger partial charge in [-0.25, -0.2) is 9.78 Å². The molecule has 0 fully saturated rings. The molecule has 1 aromatic carbocycles. The molecular formula is C12H8ClNO2. The molecule has 0 saturated heterocycles. The van der Waals surface area contributed by atoms with Crippen LogP contribution in [0, 0.1) is 0 Å². The van der Waals surface area contributed by atoms with Crippen molar-refractivity contribution in [3.8, 4) is 11.1 Å². The van der Waals surface area contributed by atoms with Crippen LogP contribution in [0.15, 0.2) is 42.6 Å². The van der Waals surface area contributed by atoms with Crippen molar-refractivity contribution in [2.45, 2.75) is 0 Å². The highest BCUT2D eigenvalue weighted by molar-refractivity contribution is 6.30. The largest absolute Gasteiger partial charge is 0.477 e. The Balaban J connectivity index is 2.38. The van der Waals surface area contributed by atoms with Crippen LogP contribution in [0.5, 0.6) is 0 Å². The molecule has 0 radical (unpaired) electrons. The van der Waals surface area contributed by atoms with Gasteiger partial charge in [0.15, 0.2) is 0 Å². The lowest BCUT2D eigenvalue weighted by atomic mass is 10.1. The van der Waals surface area contributed by atoms with E-state index in [2.05, 4.69) is 4.98 Å². The fraction of sp³-hybridized carbons (Fsp3) is 0. The molecule has 1 aromatic heterocycles. The summed E-state index contributed by atoms with van der Waals surface area (Å²) >= 11 is 5.86. The number of pyridine rings is 1. The van der Waals surface area contributed by atoms with Gasteiger partial charge < -0.3 is 5.11 Å². The number of hydrogen-bond acceptors (Lipinski definition) is 2. The van der Waals surface area contributed by atoms with E-state index in [1.54, 1.807) is 18.2 Å². The predicted octanol–water partition coefficient (Wildman–Crippen LogP) is 3.10. The summed E-state index contributed by atoms with van der Waals surface area (Å²) in [4.78, 5) is 14.5. The van der Waals surface area contributed by atoms with Crippen LogP contribution in [0.1, 0.15) is 10.5 Å². The number of halogens is 1. The highest BCUT2D eigenvalue weighted by atomic mass is 35.5. The Morgan fingerprint density at radius 1 is 1.19 bits per heavy atom. The Hall–Kier alpha value is -1.87. The van der Waals surface area contributed by atoms with Gasteiger partial charge in [0.25, 0.3) is 0 Å². The first kappa shape index (κ1) is 10.6. The molecule has 80 valence electrons. The second kappa shape index (κ2) is 4.33. The van der Waals surface area contributed by atoms with Gasteiger partial charge in [0, 0.05) is 16.8 Å². The SMILES string of the molecule is O=C(O)c1ccc(-c2cccc(Cl)c2)cn1. The van der Waals surface area contributed by atoms with Crippen molar-refractivity contribution in [2.24, 2.45) is 0 Å². The van der Waals surface area contributed by atoms with Gasteiger partial charge in [-0.3, -0.25) is 0 Å². The van der Waals surface area contributed by atoms with Crippen LogP contribution in [-0.2, 0) is 0 Å². The Labute approximate surface area is 97.3 Å². The molecule has 2 aromatic rings. The maximum atomic E-state index is 10.6. The molecule has 4 heteroatoms. The number of nitrogens with zero attached hydrogens (tertiary/aromatic N) is 1. The van der Waals surface area contributed by atoms with Crippen molar-refractivity contribution in [3.05, 3.63) is 53.3 Å². The molecule has 0 saturated carbocycles. The Kier molecular flexibility index (Phi) is 2.88. The molecule has 0 bridgehead atoms. The molecule has 0 unspecified atom stereocenters. The molecule has 0 aliphatic rings. The highest BCUT2D eigenvalue weighted by Crippen LogP contribution is 2.21. The third-order valence-electron chi connectivity index (χ3n) is 2.14. The van der Waals surface area contributed by atoms with Crippen LogP contribution >= 0.6 is 11.6 Å². The van der Waals surface area contributed by atoms with E-state index in [0.717, 1.165) is 11.1 Å². The standard InChI is InChI=1S/C12H8ClNO2/c13-10-3-1-2-8(6-10)9-4-5-11(12(15)16)14-7-9/h1-7H,(H,15,16). The van der Waals surface area contributed by atoms with Crippen molar-refractivity contribution in [1.82, 2.24) is 4.98 Å². The smallest absolute Gasteiger partial charge is 0.354 e. The van der Waals surface area contributed by atoms with E-state index < -0.39 is 5.97 Å². The average molecular weight is 234 g/mol. The Bertz CT molecular complexity index is 523. The van der Waals surface area contributed by atoms with E-state index >= 15 is 0 Å². The van der Waals surface area contributed by atoms with Gasteiger partial charge >= 0.3 is 5.97 Å². The molecular weight excluding hydrogens is 226 g/mol. The molecule has 0 spiro atoms. The minimum atomic E-state index is -1.03. The summed E-state index contributed by atoms with van der Waals surface area (Å²) < 4.78 is 0. The first-order chi connectivity index (χ1) is 7.66. The van der Waals surface area contributed by atoms with Gasteiger partial charge in [0.1, 0.15) is 5.69 Å². The molecule has 16 heavy (non-hydrogen) atoms. The van der Waals surface area contributed by atoms with Gasteiger partial charge in [-0.2, -0.15) is 0 Å². The highest BCUT2D eigenvalue weighted by Gasteiger charge is 2.04. The number of aromatic nitrogens is 1. The minimum absolute atomic E-state index is 0.0331. The summed E-state index contributed by atoms with van der Waals surface area (Å²) in [6.45, 7) is 0. The van der Waals surface area contributed by atoms with E-state index in [1.165, 1.54) is 12.3 Å². The second-order valence-electron chi connectivity index (χ2n) is 3.25. The number of carbonyl (C=O) groups is 1. The van der Waals surface area contributed by atoms with Crippen LogP contribution in [0.25, 0.3) is 11.1 Å². The summed E-state index contributed by atoms with van der Waals surface area (Å²) in [6.07, 6.45) is 1.52.